The van der Waals surface area contributed by atoms with Gasteiger partial charge in [-0.15, -0.1) is 0 Å². The van der Waals surface area contributed by atoms with E-state index in [-0.39, 0.29) is 21.8 Å². The Kier molecular flexibility index (Phi) is 2.38. The van der Waals surface area contributed by atoms with Crippen molar-refractivity contribution in [2.75, 3.05) is 0 Å². The van der Waals surface area contributed by atoms with E-state index in [9.17, 15) is 16.4 Å². The summed E-state index contributed by atoms with van der Waals surface area (Å²) < 4.78 is 267. The van der Waals surface area contributed by atoms with E-state index in [0.717, 1.165) is 9.13 Å². The molecule has 0 atom stereocenters. The summed E-state index contributed by atoms with van der Waals surface area (Å²) in [6.07, 6.45) is 0. The SMILES string of the molecule is [2H]c1c([2H])c([2H])c([Si](c2c([2H])c([2H])c([2H])c([2H])c2[2H])(c2c([2H])c([2H])c([2H])c([2H])c2[2H])c2c([2H])c([2H])c3c(c2[2H])c2c([2H])c([2H])c([2H])c([2H])c2n3-c2c([2H])c([2H])c([2H])c3c4c([2H])c([2H])c([2H])c([2H])c4n(C)c23)c([2H])c1[2H]. The van der Waals surface area contributed by atoms with Crippen LogP contribution in [0.1, 0.15) is 39.8 Å². The van der Waals surface area contributed by atoms with Crippen molar-refractivity contribution in [1.29, 1.82) is 0 Å². The Bertz CT molecular complexity index is 3940. The lowest BCUT2D eigenvalue weighted by molar-refractivity contribution is 1.00. The van der Waals surface area contributed by atoms with Crippen LogP contribution in [0.4, 0.5) is 0 Å². The highest BCUT2D eigenvalue weighted by Gasteiger charge is 2.41. The number of hydrogen-bond acceptors (Lipinski definition) is 0. The summed E-state index contributed by atoms with van der Waals surface area (Å²) in [6, 6.07) is -30.8. The van der Waals surface area contributed by atoms with E-state index in [0.29, 0.717) is 0 Å². The summed E-state index contributed by atoms with van der Waals surface area (Å²) in [4.78, 5) is 0. The van der Waals surface area contributed by atoms with Crippen LogP contribution in [0.25, 0.3) is 49.3 Å². The summed E-state index contributed by atoms with van der Waals surface area (Å²) in [7, 11) is -5.09. The topological polar surface area (TPSA) is 9.86 Å². The molecule has 3 heteroatoms. The van der Waals surface area contributed by atoms with Crippen LogP contribution in [0, 0.1) is 0 Å². The second kappa shape index (κ2) is 10.5. The molecule has 0 N–H and O–H groups in total. The standard InChI is InChI=1S/C43H32N2Si/c1-44-39-25-13-11-22-35(39)37-24-15-27-42(43(37)44)45-40-26-14-12-23-36(40)38-30-34(28-29-41(38)45)46(31-16-5-2-6-17-31,32-18-7-3-8-19-32)33-20-9-4-10-21-33/h2-30H,1H3/i2D,3D,4D,5D,6D,7D,8D,9D,10D,11D,12D,13D,14D,15D,16D,17D,18D,19D,20D,21D,22D,23D,24D,25D,26D,27D,28D,29D,30D. The van der Waals surface area contributed by atoms with Crippen LogP contribution >= 0.6 is 0 Å². The van der Waals surface area contributed by atoms with Gasteiger partial charge in [-0.05, 0) is 44.9 Å². The molecule has 0 fully saturated rings. The maximum atomic E-state index is 10.4. The quantitative estimate of drug-likeness (QED) is 0.135. The first kappa shape index (κ1) is 10.4. The zero-order chi connectivity index (χ0) is 55.9. The molecule has 7 aromatic carbocycles. The van der Waals surface area contributed by atoms with Crippen molar-refractivity contribution in [3.05, 3.63) is 175 Å². The zero-order valence-electron chi connectivity index (χ0n) is 52.4. The first-order valence-electron chi connectivity index (χ1n) is 28.1. The number of aromatic nitrogens is 2. The normalized spacial score (nSPS) is 20.8. The van der Waals surface area contributed by atoms with E-state index in [4.69, 9.17) is 23.3 Å². The second-order valence-corrected chi connectivity index (χ2v) is 13.5. The van der Waals surface area contributed by atoms with Gasteiger partial charge in [-0.3, -0.25) is 0 Å². The van der Waals surface area contributed by atoms with Crippen LogP contribution in [0.15, 0.2) is 175 Å². The van der Waals surface area contributed by atoms with Gasteiger partial charge in [0.2, 0.25) is 0 Å². The Morgan fingerprint density at radius 1 is 0.413 bits per heavy atom. The van der Waals surface area contributed by atoms with Crippen molar-refractivity contribution >= 4 is 72.4 Å². The van der Waals surface area contributed by atoms with Crippen LogP contribution in [0.5, 0.6) is 0 Å². The molecule has 46 heavy (non-hydrogen) atoms. The lowest BCUT2D eigenvalue weighted by Gasteiger charge is -2.34. The molecule has 0 saturated heterocycles. The highest BCUT2D eigenvalue weighted by Crippen LogP contribution is 2.37. The molecule has 2 heterocycles. The Balaban J connectivity index is 1.71. The fraction of sp³-hybridized carbons (Fsp3) is 0.0233. The smallest absolute Gasteiger partial charge is 0.179 e. The summed E-state index contributed by atoms with van der Waals surface area (Å²) in [5, 5.41) is -6.71. The van der Waals surface area contributed by atoms with Gasteiger partial charge >= 0.3 is 0 Å². The number of benzene rings is 7. The third kappa shape index (κ3) is 3.76. The predicted octanol–water partition coefficient (Wildman–Crippen LogP) is 7.81. The van der Waals surface area contributed by atoms with Gasteiger partial charge in [-0.1, -0.05) is 151 Å². The van der Waals surface area contributed by atoms with Gasteiger partial charge in [-0.25, -0.2) is 0 Å². The number of rotatable bonds is 5. The lowest BCUT2D eigenvalue weighted by Crippen LogP contribution is -2.74. The highest BCUT2D eigenvalue weighted by atomic mass is 28.3. The van der Waals surface area contributed by atoms with Crippen LogP contribution < -0.4 is 20.7 Å². The maximum Gasteiger partial charge on any atom is 0.179 e. The summed E-state index contributed by atoms with van der Waals surface area (Å²) >= 11 is 0. The number of para-hydroxylation sites is 3. The van der Waals surface area contributed by atoms with Crippen molar-refractivity contribution in [3.63, 3.8) is 0 Å². The Morgan fingerprint density at radius 2 is 0.891 bits per heavy atom. The molecule has 0 amide bonds. The van der Waals surface area contributed by atoms with Crippen molar-refractivity contribution in [2.24, 2.45) is 7.05 Å². The molecule has 0 aliphatic carbocycles. The van der Waals surface area contributed by atoms with E-state index in [2.05, 4.69) is 0 Å². The number of aryl methyl sites for hydroxylation is 1. The summed E-state index contributed by atoms with van der Waals surface area (Å²) in [5.41, 5.74) is -2.72. The molecule has 9 rings (SSSR count). The van der Waals surface area contributed by atoms with Gasteiger partial charge in [0.1, 0.15) is 0 Å². The minimum atomic E-state index is -6.37. The summed E-state index contributed by atoms with van der Waals surface area (Å²) in [6.45, 7) is 0. The van der Waals surface area contributed by atoms with Gasteiger partial charge in [0, 0.05) is 34.1 Å². The largest absolute Gasteiger partial charge is 0.342 e. The second-order valence-electron chi connectivity index (χ2n) is 10.0. The molecule has 2 nitrogen and oxygen atoms in total. The van der Waals surface area contributed by atoms with Crippen LogP contribution in [0.2, 0.25) is 0 Å². The lowest BCUT2D eigenvalue weighted by atomic mass is 10.1. The first-order chi connectivity index (χ1) is 34.8. The highest BCUT2D eigenvalue weighted by molar-refractivity contribution is 7.20. The van der Waals surface area contributed by atoms with E-state index in [1.54, 1.807) is 0 Å². The van der Waals surface area contributed by atoms with Gasteiger partial charge in [0.05, 0.1) is 62.0 Å². The molecule has 0 bridgehead atoms. The molecule has 0 aliphatic heterocycles. The van der Waals surface area contributed by atoms with E-state index < -0.39 is 232 Å². The third-order valence-corrected chi connectivity index (χ3v) is 11.8. The Morgan fingerprint density at radius 3 is 1.50 bits per heavy atom. The van der Waals surface area contributed by atoms with E-state index >= 15 is 0 Å². The average Bonchev–Trinajstić information content (AvgIpc) is 3.89. The zero-order valence-corrected chi connectivity index (χ0v) is 24.4. The van der Waals surface area contributed by atoms with Crippen molar-refractivity contribution in [3.8, 4) is 5.69 Å². The van der Waals surface area contributed by atoms with Crippen molar-refractivity contribution < 1.29 is 39.8 Å². The molecule has 2 aromatic heterocycles. The molecule has 0 radical (unpaired) electrons. The molecule has 218 valence electrons. The molecule has 0 saturated carbocycles. The van der Waals surface area contributed by atoms with E-state index in [1.807, 2.05) is 0 Å². The Hall–Kier alpha value is -5.64. The molecular weight excluding hydrogens is 573 g/mol. The van der Waals surface area contributed by atoms with Crippen LogP contribution in [-0.4, -0.2) is 17.2 Å². The molecule has 0 spiro atoms. The first-order valence-corrected chi connectivity index (χ1v) is 15.6. The third-order valence-electron chi connectivity index (χ3n) is 7.80. The minimum absolute atomic E-state index is 0.263. The van der Waals surface area contributed by atoms with Crippen molar-refractivity contribution in [1.82, 2.24) is 9.13 Å². The predicted molar refractivity (Wildman–Crippen MR) is 198 cm³/mol. The van der Waals surface area contributed by atoms with Gasteiger partial charge in [0.25, 0.3) is 0 Å². The van der Waals surface area contributed by atoms with Gasteiger partial charge < -0.3 is 9.13 Å². The average molecular weight is 634 g/mol. The minimum Gasteiger partial charge on any atom is -0.342 e. The fourth-order valence-corrected chi connectivity index (χ4v) is 9.46. The van der Waals surface area contributed by atoms with Gasteiger partial charge in [-0.2, -0.15) is 0 Å². The molecule has 0 unspecified atom stereocenters. The van der Waals surface area contributed by atoms with Crippen molar-refractivity contribution in [2.45, 2.75) is 0 Å². The molecule has 9 aromatic rings. The Labute approximate surface area is 310 Å². The van der Waals surface area contributed by atoms with Gasteiger partial charge in [0.15, 0.2) is 8.07 Å². The maximum absolute atomic E-state index is 10.4. The van der Waals surface area contributed by atoms with E-state index in [1.165, 1.54) is 7.05 Å². The fourth-order valence-electron chi connectivity index (χ4n) is 5.90. The number of hydrogen-bond donors (Lipinski definition) is 0. The monoisotopic (exact) mass is 633 g/mol. The van der Waals surface area contributed by atoms with Crippen LogP contribution in [-0.2, 0) is 7.05 Å². The molecule has 0 aliphatic rings. The number of fused-ring (bicyclic) bond motifs is 6. The number of nitrogens with zero attached hydrogens (tertiary/aromatic N) is 2. The van der Waals surface area contributed by atoms with Crippen LogP contribution in [0.3, 0.4) is 0 Å². The summed E-state index contributed by atoms with van der Waals surface area (Å²) in [5.74, 6) is 0. The molecular formula is C43H32N2Si.